The first-order valence-electron chi connectivity index (χ1n) is 29.9. The summed E-state index contributed by atoms with van der Waals surface area (Å²) >= 11 is 0. The predicted octanol–water partition coefficient (Wildman–Crippen LogP) is 19.9. The molecule has 2 unspecified atom stereocenters. The van der Waals surface area contributed by atoms with Crippen molar-refractivity contribution in [1.29, 1.82) is 0 Å². The van der Waals surface area contributed by atoms with Crippen molar-refractivity contribution in [3.05, 3.63) is 0 Å². The zero-order chi connectivity index (χ0) is 47.1. The quantitative estimate of drug-likeness (QED) is 0.0484. The zero-order valence-corrected chi connectivity index (χ0v) is 48.1. The molecule has 0 aromatic heterocycles. The Kier molecular flexibility index (Phi) is 45.6. The molecule has 65 heavy (non-hydrogen) atoms. The maximum atomic E-state index is 12.2. The molecule has 2 atom stereocenters. The molecule has 0 aromatic rings. The number of hydrogen-bond donors (Lipinski definition) is 1. The second-order valence-electron chi connectivity index (χ2n) is 21.0. The van der Waals surface area contributed by atoms with Crippen LogP contribution in [0.2, 0.25) is 18.1 Å². The topological polar surface area (TPSA) is 66.4 Å². The van der Waals surface area contributed by atoms with Crippen LogP contribution in [0.3, 0.4) is 0 Å². The van der Waals surface area contributed by atoms with Gasteiger partial charge in [-0.2, -0.15) is 0 Å². The van der Waals surface area contributed by atoms with E-state index in [4.69, 9.17) is 21.2 Å². The van der Waals surface area contributed by atoms with E-state index in [2.05, 4.69) is 20.8 Å². The number of rotatable bonds is 53. The Bertz CT molecular complexity index is 911. The first-order valence-corrected chi connectivity index (χ1v) is 35.7. The summed E-state index contributed by atoms with van der Waals surface area (Å²) < 4.78 is 32.8. The summed E-state index contributed by atoms with van der Waals surface area (Å²) in [6.07, 6.45) is 64.5. The molecule has 1 heterocycles. The molecular weight excluding hydrogens is 853 g/mol. The minimum atomic E-state index is -3.53. The maximum absolute atomic E-state index is 12.2. The standard InChI is InChI=1S/C56H118O6Si3/c1-6-9-12-15-18-21-24-27-30-33-36-39-42-45-48-51-54-63(57)60-64(58-4,55-52-49-46-43-40-37-34-31-28-25-22-19-16-13-10-7-2)62-65(59-5,61-63)56-53-50-47-44-41-38-35-32-29-26-23-20-17-14-11-8-3/h57H,6-56H2,1-5H3. The summed E-state index contributed by atoms with van der Waals surface area (Å²) in [6, 6.07) is 2.08. The highest BCUT2D eigenvalue weighted by Crippen LogP contribution is 2.39. The number of unbranched alkanes of at least 4 members (excludes halogenated alkanes) is 45. The van der Waals surface area contributed by atoms with Crippen molar-refractivity contribution in [3.63, 3.8) is 0 Å². The van der Waals surface area contributed by atoms with Crippen LogP contribution in [0.15, 0.2) is 0 Å². The Morgan fingerprint density at radius 2 is 0.415 bits per heavy atom. The summed E-state index contributed by atoms with van der Waals surface area (Å²) in [4.78, 5) is 12.2. The van der Waals surface area contributed by atoms with Crippen LogP contribution in [0.5, 0.6) is 0 Å². The molecular formula is C56H118O6Si3. The minimum absolute atomic E-state index is 0.586. The molecule has 0 spiro atoms. The van der Waals surface area contributed by atoms with Crippen molar-refractivity contribution in [2.24, 2.45) is 0 Å². The molecule has 1 fully saturated rings. The van der Waals surface area contributed by atoms with Gasteiger partial charge in [-0.25, -0.2) is 0 Å². The van der Waals surface area contributed by atoms with E-state index in [1.165, 1.54) is 270 Å². The van der Waals surface area contributed by atoms with Gasteiger partial charge in [-0.15, -0.1) is 0 Å². The average Bonchev–Trinajstić information content (AvgIpc) is 3.31. The first-order chi connectivity index (χ1) is 31.9. The Morgan fingerprint density at radius 1 is 0.246 bits per heavy atom. The lowest BCUT2D eigenvalue weighted by atomic mass is 10.0. The number of hydrogen-bond acceptors (Lipinski definition) is 6. The molecule has 1 saturated heterocycles. The Balaban J connectivity index is 2.49. The lowest BCUT2D eigenvalue weighted by Crippen LogP contribution is -2.72. The predicted molar refractivity (Wildman–Crippen MR) is 290 cm³/mol. The fraction of sp³-hybridized carbons (Fsp3) is 1.00. The molecule has 0 aromatic carbocycles. The lowest BCUT2D eigenvalue weighted by molar-refractivity contribution is 0.0436. The molecule has 0 aliphatic carbocycles. The van der Waals surface area contributed by atoms with E-state index in [-0.39, 0.29) is 0 Å². The van der Waals surface area contributed by atoms with Gasteiger partial charge in [0, 0.05) is 32.4 Å². The van der Waals surface area contributed by atoms with E-state index in [9.17, 15) is 4.80 Å². The third-order valence-electron chi connectivity index (χ3n) is 14.6. The van der Waals surface area contributed by atoms with Crippen molar-refractivity contribution in [2.45, 2.75) is 347 Å². The smallest absolute Gasteiger partial charge is 0.391 e. The molecule has 1 rings (SSSR count). The van der Waals surface area contributed by atoms with Crippen LogP contribution in [0, 0.1) is 0 Å². The molecule has 1 N–H and O–H groups in total. The molecule has 0 saturated carbocycles. The van der Waals surface area contributed by atoms with Gasteiger partial charge in [0.1, 0.15) is 0 Å². The SMILES string of the molecule is CCCCCCCCCCCCCCCCCC[Si]1(O)O[Si](CCCCCCCCCCCCCCCCCC)(OC)O[Si](CCCCCCCCCCCCCCCCCC)(OC)O1. The highest BCUT2D eigenvalue weighted by Gasteiger charge is 2.65. The highest BCUT2D eigenvalue weighted by molar-refractivity contribution is 6.88. The molecule has 9 heteroatoms. The van der Waals surface area contributed by atoms with E-state index < -0.39 is 26.4 Å². The van der Waals surface area contributed by atoms with E-state index in [0.29, 0.717) is 6.04 Å². The van der Waals surface area contributed by atoms with Gasteiger partial charge in [0.05, 0.1) is 0 Å². The molecule has 390 valence electrons. The van der Waals surface area contributed by atoms with Gasteiger partial charge < -0.3 is 26.0 Å². The van der Waals surface area contributed by atoms with Crippen molar-refractivity contribution in [1.82, 2.24) is 0 Å². The molecule has 6 nitrogen and oxygen atoms in total. The van der Waals surface area contributed by atoms with Crippen LogP contribution in [0.25, 0.3) is 0 Å². The average molecular weight is 972 g/mol. The molecule has 0 bridgehead atoms. The zero-order valence-electron chi connectivity index (χ0n) is 45.1. The summed E-state index contributed by atoms with van der Waals surface area (Å²) in [5, 5.41) is 0. The van der Waals surface area contributed by atoms with Crippen LogP contribution in [-0.4, -0.2) is 45.4 Å². The summed E-state index contributed by atoms with van der Waals surface area (Å²) in [5.41, 5.74) is 0. The Morgan fingerprint density at radius 3 is 0.600 bits per heavy atom. The van der Waals surface area contributed by atoms with Crippen LogP contribution < -0.4 is 0 Å². The van der Waals surface area contributed by atoms with E-state index in [0.717, 1.165) is 50.6 Å². The van der Waals surface area contributed by atoms with E-state index >= 15 is 0 Å². The second kappa shape index (κ2) is 46.8. The maximum Gasteiger partial charge on any atom is 0.485 e. The van der Waals surface area contributed by atoms with Crippen LogP contribution in [-0.2, 0) is 21.2 Å². The molecule has 0 radical (unpaired) electrons. The van der Waals surface area contributed by atoms with Crippen molar-refractivity contribution in [2.75, 3.05) is 14.2 Å². The highest BCUT2D eigenvalue weighted by atomic mass is 28.5. The molecule has 0 amide bonds. The summed E-state index contributed by atoms with van der Waals surface area (Å²) in [7, 11) is -6.34. The van der Waals surface area contributed by atoms with Gasteiger partial charge in [-0.3, -0.25) is 0 Å². The normalized spacial score (nSPS) is 20.0. The Hall–Kier alpha value is 0.411. The first kappa shape index (κ1) is 63.4. The third-order valence-corrected chi connectivity index (χ3v) is 26.3. The molecule has 1 aliphatic rings. The van der Waals surface area contributed by atoms with Gasteiger partial charge in [-0.1, -0.05) is 310 Å². The van der Waals surface area contributed by atoms with Gasteiger partial charge in [-0.05, 0) is 19.3 Å². The molecule has 1 aliphatic heterocycles. The fourth-order valence-electron chi connectivity index (χ4n) is 10.1. The second-order valence-corrected chi connectivity index (χ2v) is 29.9. The van der Waals surface area contributed by atoms with Gasteiger partial charge in [0.2, 0.25) is 0 Å². The van der Waals surface area contributed by atoms with Crippen LogP contribution >= 0.6 is 0 Å². The van der Waals surface area contributed by atoms with Crippen molar-refractivity contribution >= 4 is 26.4 Å². The fourth-order valence-corrected chi connectivity index (χ4v) is 23.8. The van der Waals surface area contributed by atoms with Gasteiger partial charge >= 0.3 is 26.4 Å². The van der Waals surface area contributed by atoms with Gasteiger partial charge in [0.15, 0.2) is 0 Å². The van der Waals surface area contributed by atoms with Crippen LogP contribution in [0.1, 0.15) is 329 Å². The largest absolute Gasteiger partial charge is 0.485 e. The van der Waals surface area contributed by atoms with Crippen molar-refractivity contribution in [3.8, 4) is 0 Å². The van der Waals surface area contributed by atoms with Crippen LogP contribution in [0.4, 0.5) is 0 Å². The van der Waals surface area contributed by atoms with Gasteiger partial charge in [0.25, 0.3) is 0 Å². The monoisotopic (exact) mass is 971 g/mol. The lowest BCUT2D eigenvalue weighted by Gasteiger charge is -2.48. The summed E-state index contributed by atoms with van der Waals surface area (Å²) in [6.45, 7) is 6.90. The third kappa shape index (κ3) is 37.9. The summed E-state index contributed by atoms with van der Waals surface area (Å²) in [5.74, 6) is 0. The van der Waals surface area contributed by atoms with Crippen molar-refractivity contribution < 1.29 is 26.0 Å². The van der Waals surface area contributed by atoms with E-state index in [1.807, 2.05) is 0 Å². The van der Waals surface area contributed by atoms with E-state index in [1.54, 1.807) is 14.2 Å². The Labute approximate surface area is 411 Å². The minimum Gasteiger partial charge on any atom is -0.391 e.